The molecule has 0 radical (unpaired) electrons. The van der Waals surface area contributed by atoms with Crippen molar-refractivity contribution in [2.75, 3.05) is 0 Å². The normalized spacial score (nSPS) is 7.17. The van der Waals surface area contributed by atoms with Crippen LogP contribution in [-0.2, 0) is 6.42 Å². The molecule has 0 nitrogen and oxygen atoms in total. The summed E-state index contributed by atoms with van der Waals surface area (Å²) in [4.78, 5) is 0. The smallest absolute Gasteiger partial charge is 0.00212 e. The Labute approximate surface area is 152 Å². The summed E-state index contributed by atoms with van der Waals surface area (Å²) in [5.74, 6) is 0. The van der Waals surface area contributed by atoms with Crippen molar-refractivity contribution in [1.29, 1.82) is 0 Å². The molecule has 0 spiro atoms. The van der Waals surface area contributed by atoms with E-state index < -0.39 is 0 Å². The van der Waals surface area contributed by atoms with Crippen molar-refractivity contribution in [3.05, 3.63) is 83.6 Å². The number of allylic oxidation sites excluding steroid dienone is 1. The second-order valence-electron chi connectivity index (χ2n) is 3.62. The van der Waals surface area contributed by atoms with Gasteiger partial charge in [0, 0.05) is 0 Å². The number of hydrogen-bond donors (Lipinski definition) is 0. The fourth-order valence-corrected chi connectivity index (χ4v) is 1.50. The zero-order valence-electron chi connectivity index (χ0n) is 17.1. The predicted molar refractivity (Wildman–Crippen MR) is 115 cm³/mol. The first-order valence-electron chi connectivity index (χ1n) is 9.45. The van der Waals surface area contributed by atoms with Crippen LogP contribution in [0, 0.1) is 0 Å². The lowest BCUT2D eigenvalue weighted by atomic mass is 10.1. The van der Waals surface area contributed by atoms with E-state index in [9.17, 15) is 0 Å². The molecule has 0 N–H and O–H groups in total. The number of rotatable bonds is 3. The topological polar surface area (TPSA) is 0 Å². The van der Waals surface area contributed by atoms with Crippen molar-refractivity contribution in [2.24, 2.45) is 0 Å². The fourth-order valence-electron chi connectivity index (χ4n) is 1.50. The van der Waals surface area contributed by atoms with Gasteiger partial charge in [0.2, 0.25) is 0 Å². The van der Waals surface area contributed by atoms with E-state index in [0.717, 1.165) is 6.42 Å². The van der Waals surface area contributed by atoms with Crippen molar-refractivity contribution >= 4 is 6.08 Å². The van der Waals surface area contributed by atoms with Gasteiger partial charge in [-0.1, -0.05) is 116 Å². The van der Waals surface area contributed by atoms with Crippen molar-refractivity contribution in [3.63, 3.8) is 0 Å². The minimum absolute atomic E-state index is 0.935. The largest absolute Gasteiger partial charge is 0.124 e. The Kier molecular flexibility index (Phi) is 28.9. The highest BCUT2D eigenvalue weighted by molar-refractivity contribution is 5.48. The third kappa shape index (κ3) is 16.3. The molecule has 24 heavy (non-hydrogen) atoms. The lowest BCUT2D eigenvalue weighted by Crippen LogP contribution is -1.76. The van der Waals surface area contributed by atoms with Crippen molar-refractivity contribution in [1.82, 2.24) is 0 Å². The molecule has 2 rings (SSSR count). The monoisotopic (exact) mass is 326 g/mol. The first kappa shape index (κ1) is 26.8. The van der Waals surface area contributed by atoms with Crippen LogP contribution in [0.1, 0.15) is 66.5 Å². The molecule has 134 valence electrons. The molecule has 0 atom stereocenters. The zero-order valence-corrected chi connectivity index (χ0v) is 17.1. The number of benzene rings is 2. The molecule has 0 saturated heterocycles. The Hall–Kier alpha value is -2.04. The second-order valence-corrected chi connectivity index (χ2v) is 3.62. The van der Waals surface area contributed by atoms with Crippen LogP contribution in [0.5, 0.6) is 0 Å². The summed E-state index contributed by atoms with van der Waals surface area (Å²) in [6, 6.07) is 20.6. The standard InChI is InChI=1S/C16H14.4C2H6/c1-3-9-15(10-4-1)13-7-8-14-16-11-5-2-6-12-16;4*1-2/h1-7,9-12,14H,13H2;4*1-2H3. The summed E-state index contributed by atoms with van der Waals surface area (Å²) in [6.07, 6.45) is 5.00. The summed E-state index contributed by atoms with van der Waals surface area (Å²) in [7, 11) is 0. The quantitative estimate of drug-likeness (QED) is 0.498. The van der Waals surface area contributed by atoms with Crippen LogP contribution in [0.2, 0.25) is 0 Å². The molecule has 0 heteroatoms. The molecule has 0 aromatic heterocycles. The Bertz CT molecular complexity index is 474. The van der Waals surface area contributed by atoms with Gasteiger partial charge in [0.05, 0.1) is 0 Å². The van der Waals surface area contributed by atoms with Crippen LogP contribution >= 0.6 is 0 Å². The summed E-state index contributed by atoms with van der Waals surface area (Å²) in [5, 5.41) is 0. The van der Waals surface area contributed by atoms with E-state index in [1.165, 1.54) is 11.1 Å². The van der Waals surface area contributed by atoms with Gasteiger partial charge in [0.1, 0.15) is 0 Å². The molecule has 0 heterocycles. The average molecular weight is 327 g/mol. The molecule has 0 aliphatic carbocycles. The Morgan fingerprint density at radius 3 is 1.50 bits per heavy atom. The van der Waals surface area contributed by atoms with Gasteiger partial charge in [0.15, 0.2) is 0 Å². The van der Waals surface area contributed by atoms with E-state index in [4.69, 9.17) is 0 Å². The van der Waals surface area contributed by atoms with Gasteiger partial charge in [-0.15, -0.1) is 5.73 Å². The summed E-state index contributed by atoms with van der Waals surface area (Å²) in [6.45, 7) is 16.0. The Morgan fingerprint density at radius 2 is 1.04 bits per heavy atom. The van der Waals surface area contributed by atoms with Crippen LogP contribution in [0.25, 0.3) is 6.08 Å². The van der Waals surface area contributed by atoms with Crippen molar-refractivity contribution in [3.8, 4) is 0 Å². The molecule has 0 aliphatic heterocycles. The predicted octanol–water partition coefficient (Wildman–Crippen LogP) is 8.20. The third-order valence-corrected chi connectivity index (χ3v) is 2.35. The van der Waals surface area contributed by atoms with Gasteiger partial charge in [-0.3, -0.25) is 0 Å². The van der Waals surface area contributed by atoms with Crippen molar-refractivity contribution < 1.29 is 0 Å². The molecule has 0 bridgehead atoms. The average Bonchev–Trinajstić information content (AvgIpc) is 2.73. The summed E-state index contributed by atoms with van der Waals surface area (Å²) >= 11 is 0. The molecule has 0 unspecified atom stereocenters. The molecule has 2 aromatic rings. The van der Waals surface area contributed by atoms with Crippen LogP contribution in [0.15, 0.2) is 72.5 Å². The summed E-state index contributed by atoms with van der Waals surface area (Å²) in [5.41, 5.74) is 5.70. The Balaban J connectivity index is -0.000000484. The molecule has 0 fully saturated rings. The van der Waals surface area contributed by atoms with Crippen LogP contribution in [-0.4, -0.2) is 0 Å². The van der Waals surface area contributed by atoms with E-state index in [0.29, 0.717) is 0 Å². The maximum absolute atomic E-state index is 3.20. The maximum Gasteiger partial charge on any atom is -0.00212 e. The maximum atomic E-state index is 3.20. The minimum Gasteiger partial charge on any atom is -0.124 e. The van der Waals surface area contributed by atoms with Gasteiger partial charge in [0.25, 0.3) is 0 Å². The van der Waals surface area contributed by atoms with E-state index in [1.54, 1.807) is 0 Å². The minimum atomic E-state index is 0.935. The van der Waals surface area contributed by atoms with Gasteiger partial charge in [-0.05, 0) is 29.7 Å². The van der Waals surface area contributed by atoms with Crippen LogP contribution < -0.4 is 0 Å². The lowest BCUT2D eigenvalue weighted by molar-refractivity contribution is 1.28. The lowest BCUT2D eigenvalue weighted by Gasteiger charge is -1.92. The Morgan fingerprint density at radius 1 is 0.625 bits per heavy atom. The van der Waals surface area contributed by atoms with Gasteiger partial charge < -0.3 is 0 Å². The van der Waals surface area contributed by atoms with Crippen molar-refractivity contribution in [2.45, 2.75) is 61.8 Å². The van der Waals surface area contributed by atoms with Gasteiger partial charge in [-0.25, -0.2) is 0 Å². The molecule has 0 aliphatic rings. The molecule has 0 amide bonds. The van der Waals surface area contributed by atoms with Gasteiger partial charge >= 0.3 is 0 Å². The number of hydrogen-bond acceptors (Lipinski definition) is 0. The van der Waals surface area contributed by atoms with E-state index in [1.807, 2.05) is 85.7 Å². The fraction of sp³-hybridized carbons (Fsp3) is 0.375. The highest BCUT2D eigenvalue weighted by atomic mass is 13.9. The third-order valence-electron chi connectivity index (χ3n) is 2.35. The SMILES string of the molecule is C(=CCc1ccccc1)=Cc1ccccc1.CC.CC.CC.CC. The van der Waals surface area contributed by atoms with Crippen LogP contribution in [0.4, 0.5) is 0 Å². The molecular formula is C24H38. The first-order valence-corrected chi connectivity index (χ1v) is 9.45. The second kappa shape index (κ2) is 25.9. The highest BCUT2D eigenvalue weighted by Gasteiger charge is 1.84. The molecule has 2 aromatic carbocycles. The molecular weight excluding hydrogens is 288 g/mol. The first-order chi connectivity index (χ1) is 11.9. The van der Waals surface area contributed by atoms with E-state index in [-0.39, 0.29) is 0 Å². The summed E-state index contributed by atoms with van der Waals surface area (Å²) < 4.78 is 0. The zero-order chi connectivity index (χ0) is 19.1. The van der Waals surface area contributed by atoms with E-state index >= 15 is 0 Å². The molecule has 0 saturated carbocycles. The van der Waals surface area contributed by atoms with Crippen LogP contribution in [0.3, 0.4) is 0 Å². The van der Waals surface area contributed by atoms with E-state index in [2.05, 4.69) is 48.2 Å². The highest BCUT2D eigenvalue weighted by Crippen LogP contribution is 2.01. The van der Waals surface area contributed by atoms with Gasteiger partial charge in [-0.2, -0.15) is 0 Å².